The summed E-state index contributed by atoms with van der Waals surface area (Å²) in [5.74, 6) is -1.73. The minimum Gasteiger partial charge on any atom is -0.504 e. The molecule has 0 atom stereocenters. The van der Waals surface area contributed by atoms with Crippen LogP contribution in [0.4, 0.5) is 21.9 Å². The first kappa shape index (κ1) is 21.2. The molecule has 0 radical (unpaired) electrons. The summed E-state index contributed by atoms with van der Waals surface area (Å²) in [6, 6.07) is 12.4. The van der Waals surface area contributed by atoms with Gasteiger partial charge in [0.1, 0.15) is 5.58 Å². The first-order chi connectivity index (χ1) is 15.7. The zero-order valence-electron chi connectivity index (χ0n) is 16.6. The molecule has 3 aromatic carbocycles. The molecule has 0 unspecified atom stereocenters. The molecular formula is C22H15N3O8. The van der Waals surface area contributed by atoms with Crippen LogP contribution in [0.15, 0.2) is 69.9 Å². The Morgan fingerprint density at radius 1 is 0.879 bits per heavy atom. The lowest BCUT2D eigenvalue weighted by Gasteiger charge is -2.10. The van der Waals surface area contributed by atoms with E-state index in [4.69, 9.17) is 4.42 Å². The molecule has 0 spiro atoms. The van der Waals surface area contributed by atoms with Crippen molar-refractivity contribution in [3.05, 3.63) is 81.0 Å². The number of amides is 2. The predicted octanol–water partition coefficient (Wildman–Crippen LogP) is 4.13. The average Bonchev–Trinajstić information content (AvgIpc) is 2.78. The van der Waals surface area contributed by atoms with Gasteiger partial charge in [0.05, 0.1) is 10.3 Å². The molecule has 0 aliphatic heterocycles. The Balaban J connectivity index is 1.59. The highest BCUT2D eigenvalue weighted by atomic mass is 16.6. The van der Waals surface area contributed by atoms with Crippen molar-refractivity contribution in [2.24, 2.45) is 0 Å². The molecule has 1 aromatic heterocycles. The molecule has 2 amide bonds. The van der Waals surface area contributed by atoms with Gasteiger partial charge in [0.25, 0.3) is 5.69 Å². The number of hydrogen-bond donors (Lipinski definition) is 5. The maximum absolute atomic E-state index is 12.7. The van der Waals surface area contributed by atoms with Crippen LogP contribution in [0.5, 0.6) is 17.2 Å². The molecule has 4 aromatic rings. The van der Waals surface area contributed by atoms with Crippen LogP contribution in [-0.2, 0) is 0 Å². The third-order valence-corrected chi connectivity index (χ3v) is 4.70. The van der Waals surface area contributed by atoms with Gasteiger partial charge in [0.2, 0.25) is 11.2 Å². The summed E-state index contributed by atoms with van der Waals surface area (Å²) in [4.78, 5) is 35.1. The van der Waals surface area contributed by atoms with E-state index in [0.29, 0.717) is 5.69 Å². The van der Waals surface area contributed by atoms with Crippen molar-refractivity contribution in [1.82, 2.24) is 0 Å². The number of phenolic OH excluding ortho intramolecular Hbond substituents is 2. The number of fused-ring (bicyclic) bond motifs is 1. The lowest BCUT2D eigenvalue weighted by molar-refractivity contribution is -0.384. The molecule has 1 heterocycles. The molecule has 0 bridgehead atoms. The summed E-state index contributed by atoms with van der Waals surface area (Å²) in [5, 5.41) is 45.2. The number of nitro benzene ring substituents is 1. The number of rotatable bonds is 4. The number of carbonyl (C=O) groups is 1. The summed E-state index contributed by atoms with van der Waals surface area (Å²) in [6.07, 6.45) is 0. The van der Waals surface area contributed by atoms with Crippen molar-refractivity contribution < 1.29 is 29.5 Å². The number of nitrogens with one attached hydrogen (secondary N) is 2. The van der Waals surface area contributed by atoms with Crippen molar-refractivity contribution in [2.75, 3.05) is 10.6 Å². The fourth-order valence-electron chi connectivity index (χ4n) is 3.08. The highest BCUT2D eigenvalue weighted by molar-refractivity contribution is 6.01. The zero-order chi connectivity index (χ0) is 23.7. The fourth-order valence-corrected chi connectivity index (χ4v) is 3.08. The minimum atomic E-state index is -0.766. The van der Waals surface area contributed by atoms with Crippen LogP contribution in [0.1, 0.15) is 0 Å². The number of nitrogens with zero attached hydrogens (tertiary/aromatic N) is 1. The van der Waals surface area contributed by atoms with E-state index >= 15 is 0 Å². The number of carbonyl (C=O) groups excluding carboxylic acids is 1. The van der Waals surface area contributed by atoms with Crippen molar-refractivity contribution in [2.45, 2.75) is 0 Å². The van der Waals surface area contributed by atoms with Crippen LogP contribution < -0.4 is 16.1 Å². The van der Waals surface area contributed by atoms with Crippen molar-refractivity contribution in [3.8, 4) is 28.6 Å². The number of aromatic hydroxyl groups is 3. The largest absolute Gasteiger partial charge is 0.504 e. The molecule has 0 aliphatic rings. The third-order valence-electron chi connectivity index (χ3n) is 4.70. The first-order valence-corrected chi connectivity index (χ1v) is 9.37. The second-order valence-corrected chi connectivity index (χ2v) is 6.91. The predicted molar refractivity (Wildman–Crippen MR) is 119 cm³/mol. The maximum Gasteiger partial charge on any atom is 0.323 e. The lowest BCUT2D eigenvalue weighted by atomic mass is 10.1. The van der Waals surface area contributed by atoms with E-state index < -0.39 is 27.9 Å². The molecule has 166 valence electrons. The van der Waals surface area contributed by atoms with Gasteiger partial charge in [-0.05, 0) is 48.5 Å². The Bertz CT molecular complexity index is 1460. The number of anilines is 2. The van der Waals surface area contributed by atoms with Gasteiger partial charge < -0.3 is 30.4 Å². The summed E-state index contributed by atoms with van der Waals surface area (Å²) in [7, 11) is 0. The number of benzene rings is 3. The number of nitro groups is 1. The van der Waals surface area contributed by atoms with E-state index in [1.54, 1.807) is 0 Å². The van der Waals surface area contributed by atoms with Gasteiger partial charge in [-0.25, -0.2) is 4.79 Å². The molecule has 11 heteroatoms. The molecular weight excluding hydrogens is 434 g/mol. The number of hydrogen-bond acceptors (Lipinski definition) is 8. The summed E-state index contributed by atoms with van der Waals surface area (Å²) < 4.78 is 5.61. The standard InChI is InChI=1S/C22H15N3O8/c26-16-7-1-11(9-17(16)27)21-20(29)19(28)15-10-13(4-8-18(15)33-21)24-22(30)23-12-2-5-14(6-3-12)25(31)32/h1-10,26-27,29H,(H2,23,24,30). The van der Waals surface area contributed by atoms with E-state index in [-0.39, 0.29) is 39.4 Å². The van der Waals surface area contributed by atoms with Gasteiger partial charge in [0.15, 0.2) is 17.3 Å². The maximum atomic E-state index is 12.7. The third kappa shape index (κ3) is 4.23. The quantitative estimate of drug-likeness (QED) is 0.175. The molecule has 0 fully saturated rings. The van der Waals surface area contributed by atoms with Crippen molar-refractivity contribution in [1.29, 1.82) is 0 Å². The number of phenols is 2. The monoisotopic (exact) mass is 449 g/mol. The lowest BCUT2D eigenvalue weighted by Crippen LogP contribution is -2.19. The zero-order valence-corrected chi connectivity index (χ0v) is 16.6. The summed E-state index contributed by atoms with van der Waals surface area (Å²) >= 11 is 0. The molecule has 0 saturated heterocycles. The Morgan fingerprint density at radius 3 is 2.21 bits per heavy atom. The van der Waals surface area contributed by atoms with E-state index in [2.05, 4.69) is 10.6 Å². The van der Waals surface area contributed by atoms with Crippen molar-refractivity contribution in [3.63, 3.8) is 0 Å². The molecule has 11 nitrogen and oxygen atoms in total. The molecule has 5 N–H and O–H groups in total. The highest BCUT2D eigenvalue weighted by Gasteiger charge is 2.17. The van der Waals surface area contributed by atoms with E-state index in [9.17, 15) is 35.0 Å². The molecule has 33 heavy (non-hydrogen) atoms. The average molecular weight is 449 g/mol. The Hall–Kier alpha value is -5.06. The van der Waals surface area contributed by atoms with E-state index in [0.717, 1.165) is 6.07 Å². The topological polar surface area (TPSA) is 175 Å². The van der Waals surface area contributed by atoms with Gasteiger partial charge >= 0.3 is 6.03 Å². The summed E-state index contributed by atoms with van der Waals surface area (Å²) in [5.41, 5.74) is -0.0585. The van der Waals surface area contributed by atoms with Crippen LogP contribution in [0.3, 0.4) is 0 Å². The van der Waals surface area contributed by atoms with Gasteiger partial charge in [-0.3, -0.25) is 14.9 Å². The van der Waals surface area contributed by atoms with E-state index in [1.807, 2.05) is 0 Å². The van der Waals surface area contributed by atoms with Crippen LogP contribution in [0.25, 0.3) is 22.3 Å². The SMILES string of the molecule is O=C(Nc1ccc([N+](=O)[O-])cc1)Nc1ccc2oc(-c3ccc(O)c(O)c3)c(O)c(=O)c2c1. The van der Waals surface area contributed by atoms with Crippen LogP contribution >= 0.6 is 0 Å². The van der Waals surface area contributed by atoms with Crippen LogP contribution in [0.2, 0.25) is 0 Å². The molecule has 0 aliphatic carbocycles. The normalized spacial score (nSPS) is 10.7. The fraction of sp³-hybridized carbons (Fsp3) is 0. The second kappa shape index (κ2) is 8.23. The van der Waals surface area contributed by atoms with Gasteiger partial charge in [-0.2, -0.15) is 0 Å². The minimum absolute atomic E-state index is 0.00705. The smallest absolute Gasteiger partial charge is 0.323 e. The first-order valence-electron chi connectivity index (χ1n) is 9.37. The van der Waals surface area contributed by atoms with Gasteiger partial charge in [-0.15, -0.1) is 0 Å². The van der Waals surface area contributed by atoms with Crippen molar-refractivity contribution >= 4 is 34.1 Å². The molecule has 4 rings (SSSR count). The molecule has 0 saturated carbocycles. The van der Waals surface area contributed by atoms with Gasteiger partial charge in [0, 0.05) is 29.1 Å². The van der Waals surface area contributed by atoms with Crippen LogP contribution in [-0.4, -0.2) is 26.3 Å². The summed E-state index contributed by atoms with van der Waals surface area (Å²) in [6.45, 7) is 0. The second-order valence-electron chi connectivity index (χ2n) is 6.91. The highest BCUT2D eigenvalue weighted by Crippen LogP contribution is 2.35. The Kier molecular flexibility index (Phi) is 5.28. The Labute approximate surface area is 184 Å². The van der Waals surface area contributed by atoms with E-state index in [1.165, 1.54) is 54.6 Å². The van der Waals surface area contributed by atoms with Crippen LogP contribution in [0, 0.1) is 10.1 Å². The number of urea groups is 1. The number of non-ortho nitro benzene ring substituents is 1. The van der Waals surface area contributed by atoms with Gasteiger partial charge in [-0.1, -0.05) is 0 Å². The Morgan fingerprint density at radius 2 is 1.55 bits per heavy atom.